The van der Waals surface area contributed by atoms with Gasteiger partial charge >= 0.3 is 5.97 Å². The van der Waals surface area contributed by atoms with Crippen LogP contribution in [0.15, 0.2) is 4.52 Å². The number of aryl methyl sites for hydroxylation is 1. The average molecular weight is 338 g/mol. The summed E-state index contributed by atoms with van der Waals surface area (Å²) in [6.45, 7) is 9.03. The fourth-order valence-corrected chi connectivity index (χ4v) is 3.34. The number of likely N-dealkylation sites (tertiary alicyclic amines) is 1. The Bertz CT molecular complexity index is 512. The molecule has 1 saturated heterocycles. The van der Waals surface area contributed by atoms with E-state index in [9.17, 15) is 4.79 Å². The van der Waals surface area contributed by atoms with Crippen LogP contribution in [-0.2, 0) is 11.2 Å². The van der Waals surface area contributed by atoms with Gasteiger partial charge in [-0.05, 0) is 32.7 Å². The van der Waals surface area contributed by atoms with E-state index in [4.69, 9.17) is 9.63 Å². The maximum Gasteiger partial charge on any atom is 0.317 e. The monoisotopic (exact) mass is 338 g/mol. The Morgan fingerprint density at radius 1 is 1.42 bits per heavy atom. The zero-order chi connectivity index (χ0) is 17.5. The van der Waals surface area contributed by atoms with Crippen molar-refractivity contribution in [3.63, 3.8) is 0 Å². The fraction of sp³-hybridized carbons (Fsp3) is 0.824. The molecular weight excluding hydrogens is 308 g/mol. The molecule has 0 bridgehead atoms. The van der Waals surface area contributed by atoms with Gasteiger partial charge < -0.3 is 9.63 Å². The quantitative estimate of drug-likeness (QED) is 0.740. The van der Waals surface area contributed by atoms with Gasteiger partial charge in [-0.1, -0.05) is 25.4 Å². The maximum absolute atomic E-state index is 11.0. The van der Waals surface area contributed by atoms with Crippen molar-refractivity contribution in [1.29, 1.82) is 0 Å². The zero-order valence-electron chi connectivity index (χ0n) is 15.1. The Morgan fingerprint density at radius 2 is 2.12 bits per heavy atom. The van der Waals surface area contributed by atoms with E-state index in [-0.39, 0.29) is 12.6 Å². The second-order valence-corrected chi connectivity index (χ2v) is 6.55. The van der Waals surface area contributed by atoms with Crippen molar-refractivity contribution in [2.45, 2.75) is 65.0 Å². The summed E-state index contributed by atoms with van der Waals surface area (Å²) in [6.07, 6.45) is 5.02. The second kappa shape index (κ2) is 9.13. The third-order valence-corrected chi connectivity index (χ3v) is 4.90. The van der Waals surface area contributed by atoms with E-state index in [0.29, 0.717) is 11.9 Å². The molecule has 2 heterocycles. The van der Waals surface area contributed by atoms with Crippen molar-refractivity contribution in [3.05, 3.63) is 11.7 Å². The van der Waals surface area contributed by atoms with Crippen LogP contribution in [0.5, 0.6) is 0 Å². The first-order valence-corrected chi connectivity index (χ1v) is 9.07. The standard InChI is InChI=1S/C17H30N4O3/c1-4-6-7-15-18-17(24-19-15)13(3)21-10-8-14(9-11-21)20(5-2)12-16(22)23/h13-14H,4-12H2,1-3H3,(H,22,23). The number of rotatable bonds is 9. The van der Waals surface area contributed by atoms with Crippen LogP contribution < -0.4 is 0 Å². The molecule has 1 aliphatic rings. The number of hydrogen-bond acceptors (Lipinski definition) is 6. The van der Waals surface area contributed by atoms with E-state index < -0.39 is 5.97 Å². The normalized spacial score (nSPS) is 18.2. The second-order valence-electron chi connectivity index (χ2n) is 6.55. The van der Waals surface area contributed by atoms with Crippen LogP contribution in [0, 0.1) is 0 Å². The fourth-order valence-electron chi connectivity index (χ4n) is 3.34. The number of likely N-dealkylation sites (N-methyl/N-ethyl adjacent to an activating group) is 1. The van der Waals surface area contributed by atoms with Crippen LogP contribution in [0.3, 0.4) is 0 Å². The van der Waals surface area contributed by atoms with E-state index in [2.05, 4.69) is 33.8 Å². The number of carboxylic acid groups (broad SMARTS) is 1. The smallest absolute Gasteiger partial charge is 0.317 e. The first kappa shape index (κ1) is 18.9. The molecule has 136 valence electrons. The van der Waals surface area contributed by atoms with Crippen LogP contribution in [0.2, 0.25) is 0 Å². The van der Waals surface area contributed by atoms with Gasteiger partial charge in [0.15, 0.2) is 5.82 Å². The van der Waals surface area contributed by atoms with Gasteiger partial charge in [0, 0.05) is 25.6 Å². The van der Waals surface area contributed by atoms with Gasteiger partial charge in [-0.2, -0.15) is 4.98 Å². The van der Waals surface area contributed by atoms with E-state index in [0.717, 1.165) is 57.6 Å². The molecule has 24 heavy (non-hydrogen) atoms. The molecule has 1 fully saturated rings. The number of piperidine rings is 1. The highest BCUT2D eigenvalue weighted by atomic mass is 16.5. The van der Waals surface area contributed by atoms with Crippen molar-refractivity contribution >= 4 is 5.97 Å². The summed E-state index contributed by atoms with van der Waals surface area (Å²) < 4.78 is 5.43. The zero-order valence-corrected chi connectivity index (χ0v) is 15.1. The molecule has 1 aromatic heterocycles. The minimum Gasteiger partial charge on any atom is -0.480 e. The van der Waals surface area contributed by atoms with E-state index >= 15 is 0 Å². The Morgan fingerprint density at radius 3 is 2.71 bits per heavy atom. The minimum absolute atomic E-state index is 0.114. The third kappa shape index (κ3) is 5.01. The SMILES string of the molecule is CCCCc1noc(C(C)N2CCC(N(CC)CC(=O)O)CC2)n1. The summed E-state index contributed by atoms with van der Waals surface area (Å²) >= 11 is 0. The molecule has 0 aliphatic carbocycles. The van der Waals surface area contributed by atoms with E-state index in [1.54, 1.807) is 0 Å². The molecule has 1 aromatic rings. The van der Waals surface area contributed by atoms with Crippen molar-refractivity contribution < 1.29 is 14.4 Å². The van der Waals surface area contributed by atoms with Crippen LogP contribution in [0.1, 0.15) is 64.2 Å². The predicted octanol–water partition coefficient (Wildman–Crippen LogP) is 2.34. The first-order valence-electron chi connectivity index (χ1n) is 9.07. The van der Waals surface area contributed by atoms with Gasteiger partial charge in [0.2, 0.25) is 5.89 Å². The molecule has 0 radical (unpaired) electrons. The molecule has 0 amide bonds. The summed E-state index contributed by atoms with van der Waals surface area (Å²) in [5.74, 6) is 0.739. The summed E-state index contributed by atoms with van der Waals surface area (Å²) in [7, 11) is 0. The van der Waals surface area contributed by atoms with Gasteiger partial charge in [0.05, 0.1) is 12.6 Å². The number of aliphatic carboxylic acids is 1. The van der Waals surface area contributed by atoms with Crippen LogP contribution in [0.25, 0.3) is 0 Å². The molecule has 0 spiro atoms. The van der Waals surface area contributed by atoms with Gasteiger partial charge in [0.1, 0.15) is 0 Å². The summed E-state index contributed by atoms with van der Waals surface area (Å²) in [5, 5.41) is 13.1. The third-order valence-electron chi connectivity index (χ3n) is 4.90. The topological polar surface area (TPSA) is 82.7 Å². The van der Waals surface area contributed by atoms with Gasteiger partial charge in [-0.25, -0.2) is 0 Å². The van der Waals surface area contributed by atoms with Crippen molar-refractivity contribution in [3.8, 4) is 0 Å². The summed E-state index contributed by atoms with van der Waals surface area (Å²) in [4.78, 5) is 19.9. The van der Waals surface area contributed by atoms with Gasteiger partial charge in [-0.15, -0.1) is 0 Å². The van der Waals surface area contributed by atoms with Crippen molar-refractivity contribution in [2.75, 3.05) is 26.2 Å². The molecular formula is C17H30N4O3. The Kier molecular flexibility index (Phi) is 7.17. The van der Waals surface area contributed by atoms with Crippen molar-refractivity contribution in [1.82, 2.24) is 19.9 Å². The molecule has 1 atom stereocenters. The molecule has 7 nitrogen and oxygen atoms in total. The highest BCUT2D eigenvalue weighted by Gasteiger charge is 2.29. The maximum atomic E-state index is 11.0. The largest absolute Gasteiger partial charge is 0.480 e. The molecule has 0 aromatic carbocycles. The highest BCUT2D eigenvalue weighted by Crippen LogP contribution is 2.25. The summed E-state index contributed by atoms with van der Waals surface area (Å²) in [5.41, 5.74) is 0. The Balaban J connectivity index is 1.86. The summed E-state index contributed by atoms with van der Waals surface area (Å²) in [6, 6.07) is 0.459. The van der Waals surface area contributed by atoms with Gasteiger partial charge in [0.25, 0.3) is 0 Å². The number of carbonyl (C=O) groups is 1. The molecule has 0 saturated carbocycles. The molecule has 7 heteroatoms. The van der Waals surface area contributed by atoms with Crippen LogP contribution in [-0.4, -0.2) is 63.2 Å². The number of carboxylic acids is 1. The number of hydrogen-bond donors (Lipinski definition) is 1. The molecule has 1 N–H and O–H groups in total. The Hall–Kier alpha value is -1.47. The lowest BCUT2D eigenvalue weighted by atomic mass is 10.0. The van der Waals surface area contributed by atoms with E-state index in [1.807, 2.05) is 6.92 Å². The lowest BCUT2D eigenvalue weighted by molar-refractivity contribution is -0.139. The lowest BCUT2D eigenvalue weighted by Crippen LogP contribution is -2.47. The first-order chi connectivity index (χ1) is 11.5. The lowest BCUT2D eigenvalue weighted by Gasteiger charge is -2.39. The number of nitrogens with zero attached hydrogens (tertiary/aromatic N) is 4. The number of unbranched alkanes of at least 4 members (excludes halogenated alkanes) is 1. The number of aromatic nitrogens is 2. The average Bonchev–Trinajstić information content (AvgIpc) is 3.06. The van der Waals surface area contributed by atoms with E-state index in [1.165, 1.54) is 0 Å². The predicted molar refractivity (Wildman–Crippen MR) is 90.8 cm³/mol. The van der Waals surface area contributed by atoms with Crippen LogP contribution in [0.4, 0.5) is 0 Å². The van der Waals surface area contributed by atoms with Gasteiger partial charge in [-0.3, -0.25) is 14.6 Å². The minimum atomic E-state index is -0.752. The van der Waals surface area contributed by atoms with Crippen molar-refractivity contribution in [2.24, 2.45) is 0 Å². The highest BCUT2D eigenvalue weighted by molar-refractivity contribution is 5.69. The van der Waals surface area contributed by atoms with Crippen LogP contribution >= 0.6 is 0 Å². The molecule has 1 aliphatic heterocycles. The molecule has 2 rings (SSSR count). The molecule has 1 unspecified atom stereocenters. The Labute approximate surface area is 144 Å².